The Hall–Kier alpha value is -1.16. The Kier molecular flexibility index (Phi) is 3.16. The maximum absolute atomic E-state index is 5.69. The number of hydrogen-bond donors (Lipinski definition) is 1. The van der Waals surface area contributed by atoms with Crippen LogP contribution in [0.5, 0.6) is 0 Å². The monoisotopic (exact) mass is 206 g/mol. The van der Waals surface area contributed by atoms with E-state index >= 15 is 0 Å². The van der Waals surface area contributed by atoms with Gasteiger partial charge in [-0.15, -0.1) is 5.10 Å². The third-order valence-electron chi connectivity index (χ3n) is 3.21. The Balaban J connectivity index is 2.19. The van der Waals surface area contributed by atoms with Crippen LogP contribution in [0, 0.1) is 0 Å². The summed E-state index contributed by atoms with van der Waals surface area (Å²) in [5.41, 5.74) is 6.78. The summed E-state index contributed by atoms with van der Waals surface area (Å²) in [7, 11) is 2.10. The van der Waals surface area contributed by atoms with E-state index in [-0.39, 0.29) is 0 Å². The lowest BCUT2D eigenvalue weighted by Crippen LogP contribution is -2.31. The lowest BCUT2D eigenvalue weighted by Gasteiger charge is -2.26. The molecule has 0 saturated heterocycles. The van der Waals surface area contributed by atoms with E-state index in [2.05, 4.69) is 22.1 Å². The number of nitrogens with two attached hydrogens (primary N) is 1. The van der Waals surface area contributed by atoms with Gasteiger partial charge in [-0.25, -0.2) is 0 Å². The maximum atomic E-state index is 5.69. The molecule has 4 heteroatoms. The third-order valence-corrected chi connectivity index (χ3v) is 3.21. The van der Waals surface area contributed by atoms with E-state index in [0.29, 0.717) is 12.6 Å². The summed E-state index contributed by atoms with van der Waals surface area (Å²) >= 11 is 0. The smallest absolute Gasteiger partial charge is 0.155 e. The molecule has 0 bridgehead atoms. The van der Waals surface area contributed by atoms with Crippen LogP contribution in [-0.4, -0.2) is 23.3 Å². The van der Waals surface area contributed by atoms with Gasteiger partial charge in [-0.3, -0.25) is 0 Å². The van der Waals surface area contributed by atoms with Gasteiger partial charge < -0.3 is 10.6 Å². The van der Waals surface area contributed by atoms with E-state index in [4.69, 9.17) is 5.73 Å². The van der Waals surface area contributed by atoms with Crippen LogP contribution < -0.4 is 10.6 Å². The van der Waals surface area contributed by atoms with Crippen molar-refractivity contribution in [2.75, 3.05) is 11.9 Å². The summed E-state index contributed by atoms with van der Waals surface area (Å²) in [6.45, 7) is 0.530. The molecule has 1 aliphatic rings. The molecule has 1 aliphatic carbocycles. The highest BCUT2D eigenvalue weighted by Gasteiger charge is 2.22. The van der Waals surface area contributed by atoms with Gasteiger partial charge in [0.15, 0.2) is 5.82 Å². The zero-order chi connectivity index (χ0) is 10.7. The Morgan fingerprint density at radius 3 is 2.87 bits per heavy atom. The predicted molar refractivity (Wildman–Crippen MR) is 60.6 cm³/mol. The summed E-state index contributed by atoms with van der Waals surface area (Å²) in [6, 6.07) is 2.57. The molecule has 15 heavy (non-hydrogen) atoms. The van der Waals surface area contributed by atoms with Crippen LogP contribution in [0.4, 0.5) is 5.82 Å². The molecule has 1 aromatic heterocycles. The summed E-state index contributed by atoms with van der Waals surface area (Å²) in [4.78, 5) is 2.24. The molecule has 2 rings (SSSR count). The van der Waals surface area contributed by atoms with Crippen molar-refractivity contribution in [1.82, 2.24) is 10.2 Å². The van der Waals surface area contributed by atoms with Crippen LogP contribution in [0.2, 0.25) is 0 Å². The van der Waals surface area contributed by atoms with Crippen LogP contribution in [0.15, 0.2) is 12.3 Å². The molecular formula is C11H18N4. The minimum atomic E-state index is 0.530. The first kappa shape index (κ1) is 10.4. The molecule has 0 aliphatic heterocycles. The van der Waals surface area contributed by atoms with Crippen molar-refractivity contribution in [3.63, 3.8) is 0 Å². The second-order valence-corrected chi connectivity index (χ2v) is 4.13. The van der Waals surface area contributed by atoms with Crippen LogP contribution in [-0.2, 0) is 6.54 Å². The molecule has 1 aromatic rings. The van der Waals surface area contributed by atoms with E-state index in [1.165, 1.54) is 25.7 Å². The molecule has 0 amide bonds. The molecule has 82 valence electrons. The van der Waals surface area contributed by atoms with Crippen LogP contribution in [0.3, 0.4) is 0 Å². The first-order valence-corrected chi connectivity index (χ1v) is 5.56. The molecule has 0 spiro atoms. The van der Waals surface area contributed by atoms with Gasteiger partial charge in [0.25, 0.3) is 0 Å². The molecule has 0 radical (unpaired) electrons. The summed E-state index contributed by atoms with van der Waals surface area (Å²) < 4.78 is 0. The number of aromatic nitrogens is 2. The topological polar surface area (TPSA) is 55.0 Å². The van der Waals surface area contributed by atoms with E-state index in [1.54, 1.807) is 6.20 Å². The normalized spacial score (nSPS) is 16.9. The molecule has 1 saturated carbocycles. The first-order chi connectivity index (χ1) is 7.33. The second kappa shape index (κ2) is 4.57. The Bertz CT molecular complexity index is 320. The van der Waals surface area contributed by atoms with Gasteiger partial charge in [0.2, 0.25) is 0 Å². The van der Waals surface area contributed by atoms with Crippen molar-refractivity contribution in [2.45, 2.75) is 38.3 Å². The quantitative estimate of drug-likeness (QED) is 0.810. The number of anilines is 1. The highest BCUT2D eigenvalue weighted by Crippen LogP contribution is 2.26. The lowest BCUT2D eigenvalue weighted by molar-refractivity contribution is 0.638. The van der Waals surface area contributed by atoms with E-state index in [9.17, 15) is 0 Å². The third kappa shape index (κ3) is 2.09. The predicted octanol–water partition coefficient (Wildman–Crippen LogP) is 1.31. The maximum Gasteiger partial charge on any atom is 0.155 e. The van der Waals surface area contributed by atoms with E-state index < -0.39 is 0 Å². The standard InChI is InChI=1S/C11H18N4/c1-15(10-4-2-3-5-10)11-9(8-12)6-7-13-14-11/h6-7,10H,2-5,8,12H2,1H3. The van der Waals surface area contributed by atoms with Gasteiger partial charge in [0.1, 0.15) is 0 Å². The number of hydrogen-bond acceptors (Lipinski definition) is 4. The first-order valence-electron chi connectivity index (χ1n) is 5.56. The fourth-order valence-electron chi connectivity index (χ4n) is 2.27. The van der Waals surface area contributed by atoms with Crippen molar-refractivity contribution in [2.24, 2.45) is 5.73 Å². The van der Waals surface area contributed by atoms with Crippen molar-refractivity contribution in [3.05, 3.63) is 17.8 Å². The molecule has 1 fully saturated rings. The van der Waals surface area contributed by atoms with E-state index in [0.717, 1.165) is 11.4 Å². The average molecular weight is 206 g/mol. The van der Waals surface area contributed by atoms with Gasteiger partial charge in [-0.1, -0.05) is 12.8 Å². The molecule has 2 N–H and O–H groups in total. The highest BCUT2D eigenvalue weighted by molar-refractivity contribution is 5.45. The molecule has 1 heterocycles. The zero-order valence-electron chi connectivity index (χ0n) is 9.19. The van der Waals surface area contributed by atoms with Crippen molar-refractivity contribution < 1.29 is 0 Å². The van der Waals surface area contributed by atoms with Gasteiger partial charge in [0.05, 0.1) is 6.20 Å². The Morgan fingerprint density at radius 1 is 1.47 bits per heavy atom. The Labute approximate surface area is 90.5 Å². The fourth-order valence-corrected chi connectivity index (χ4v) is 2.27. The summed E-state index contributed by atoms with van der Waals surface area (Å²) in [6.07, 6.45) is 6.88. The van der Waals surface area contributed by atoms with Gasteiger partial charge >= 0.3 is 0 Å². The average Bonchev–Trinajstić information content (AvgIpc) is 2.81. The second-order valence-electron chi connectivity index (χ2n) is 4.13. The highest BCUT2D eigenvalue weighted by atomic mass is 15.3. The van der Waals surface area contributed by atoms with Crippen molar-refractivity contribution >= 4 is 5.82 Å². The van der Waals surface area contributed by atoms with E-state index in [1.807, 2.05) is 6.07 Å². The molecule has 0 atom stereocenters. The van der Waals surface area contributed by atoms with Crippen molar-refractivity contribution in [1.29, 1.82) is 0 Å². The SMILES string of the molecule is CN(c1nnccc1CN)C1CCCC1. The largest absolute Gasteiger partial charge is 0.355 e. The lowest BCUT2D eigenvalue weighted by atomic mass is 10.2. The van der Waals surface area contributed by atoms with Crippen LogP contribution >= 0.6 is 0 Å². The van der Waals surface area contributed by atoms with Crippen molar-refractivity contribution in [3.8, 4) is 0 Å². The summed E-state index contributed by atoms with van der Waals surface area (Å²) in [5, 5.41) is 8.13. The van der Waals surface area contributed by atoms with Crippen LogP contribution in [0.25, 0.3) is 0 Å². The molecular weight excluding hydrogens is 188 g/mol. The zero-order valence-corrected chi connectivity index (χ0v) is 9.19. The molecule has 0 aromatic carbocycles. The molecule has 0 unspecified atom stereocenters. The van der Waals surface area contributed by atoms with Crippen LogP contribution in [0.1, 0.15) is 31.2 Å². The number of nitrogens with zero attached hydrogens (tertiary/aromatic N) is 3. The number of rotatable bonds is 3. The van der Waals surface area contributed by atoms with Gasteiger partial charge in [-0.05, 0) is 18.9 Å². The minimum absolute atomic E-state index is 0.530. The van der Waals surface area contributed by atoms with Gasteiger partial charge in [0, 0.05) is 25.2 Å². The fraction of sp³-hybridized carbons (Fsp3) is 0.636. The minimum Gasteiger partial charge on any atom is -0.355 e. The molecule has 4 nitrogen and oxygen atoms in total. The van der Waals surface area contributed by atoms with Gasteiger partial charge in [-0.2, -0.15) is 5.10 Å². The summed E-state index contributed by atoms with van der Waals surface area (Å²) in [5.74, 6) is 0.951. The Morgan fingerprint density at radius 2 is 2.20 bits per heavy atom.